The topological polar surface area (TPSA) is 73.7 Å². The number of amides is 1. The van der Waals surface area contributed by atoms with Gasteiger partial charge in [-0.25, -0.2) is 4.98 Å². The number of aromatic nitrogens is 1. The maximum atomic E-state index is 12.4. The molecule has 0 saturated carbocycles. The summed E-state index contributed by atoms with van der Waals surface area (Å²) >= 11 is 2.94. The fourth-order valence-electron chi connectivity index (χ4n) is 2.18. The molecular formula is C13H14N2O3S2. The van der Waals surface area contributed by atoms with Gasteiger partial charge in [0.15, 0.2) is 0 Å². The standard InChI is InChI=1S/C13H14N2O3S2/c1-7-11(13(18)15-4-9(16)10(17)5-15)20-12(14-7)8-2-3-19-6-8/h2-3,6,9-10,16-17H,4-5H2,1H3. The predicted molar refractivity (Wildman–Crippen MR) is 78.1 cm³/mol. The first-order chi connectivity index (χ1) is 9.56. The molecule has 0 radical (unpaired) electrons. The lowest BCUT2D eigenvalue weighted by atomic mass is 10.3. The van der Waals surface area contributed by atoms with Crippen LogP contribution in [0, 0.1) is 6.92 Å². The Morgan fingerprint density at radius 3 is 2.70 bits per heavy atom. The normalized spacial score (nSPS) is 22.4. The van der Waals surface area contributed by atoms with Gasteiger partial charge >= 0.3 is 0 Å². The van der Waals surface area contributed by atoms with Crippen LogP contribution in [-0.4, -0.2) is 51.3 Å². The minimum absolute atomic E-state index is 0.169. The smallest absolute Gasteiger partial charge is 0.266 e. The number of hydrogen-bond donors (Lipinski definition) is 2. The summed E-state index contributed by atoms with van der Waals surface area (Å²) in [5.74, 6) is -0.169. The Bertz CT molecular complexity index is 614. The van der Waals surface area contributed by atoms with Crippen LogP contribution in [0.4, 0.5) is 0 Å². The van der Waals surface area contributed by atoms with E-state index in [4.69, 9.17) is 0 Å². The molecule has 1 amide bonds. The molecular weight excluding hydrogens is 296 g/mol. The van der Waals surface area contributed by atoms with Crippen molar-refractivity contribution < 1.29 is 15.0 Å². The van der Waals surface area contributed by atoms with Crippen molar-refractivity contribution in [1.29, 1.82) is 0 Å². The van der Waals surface area contributed by atoms with Gasteiger partial charge in [-0.1, -0.05) is 0 Å². The van der Waals surface area contributed by atoms with Gasteiger partial charge in [0, 0.05) is 24.0 Å². The van der Waals surface area contributed by atoms with Gasteiger partial charge in [-0.15, -0.1) is 11.3 Å². The second-order valence-electron chi connectivity index (χ2n) is 4.79. The quantitative estimate of drug-likeness (QED) is 0.878. The number of thiophene rings is 1. The lowest BCUT2D eigenvalue weighted by Gasteiger charge is -2.14. The molecule has 1 saturated heterocycles. The first kappa shape index (κ1) is 13.7. The van der Waals surface area contributed by atoms with E-state index >= 15 is 0 Å². The number of carbonyl (C=O) groups is 1. The third-order valence-electron chi connectivity index (χ3n) is 3.31. The number of carbonyl (C=O) groups excluding carboxylic acids is 1. The van der Waals surface area contributed by atoms with Gasteiger partial charge in [0.25, 0.3) is 5.91 Å². The van der Waals surface area contributed by atoms with Gasteiger partial charge < -0.3 is 15.1 Å². The van der Waals surface area contributed by atoms with E-state index in [0.717, 1.165) is 10.6 Å². The summed E-state index contributed by atoms with van der Waals surface area (Å²) in [5, 5.41) is 23.9. The van der Waals surface area contributed by atoms with Gasteiger partial charge in [0.1, 0.15) is 9.88 Å². The summed E-state index contributed by atoms with van der Waals surface area (Å²) in [6.07, 6.45) is -1.72. The molecule has 2 N–H and O–H groups in total. The van der Waals surface area contributed by atoms with E-state index < -0.39 is 12.2 Å². The van der Waals surface area contributed by atoms with Crippen LogP contribution in [0.3, 0.4) is 0 Å². The maximum absolute atomic E-state index is 12.4. The van der Waals surface area contributed by atoms with Crippen molar-refractivity contribution in [3.8, 4) is 10.6 Å². The van der Waals surface area contributed by atoms with Crippen molar-refractivity contribution in [3.05, 3.63) is 27.4 Å². The predicted octanol–water partition coefficient (Wildman–Crippen LogP) is 1.36. The first-order valence-electron chi connectivity index (χ1n) is 6.21. The van der Waals surface area contributed by atoms with Crippen molar-refractivity contribution in [1.82, 2.24) is 9.88 Å². The van der Waals surface area contributed by atoms with Gasteiger partial charge in [-0.2, -0.15) is 11.3 Å². The molecule has 1 fully saturated rings. The zero-order valence-electron chi connectivity index (χ0n) is 10.8. The van der Waals surface area contributed by atoms with Gasteiger partial charge in [-0.3, -0.25) is 4.79 Å². The largest absolute Gasteiger partial charge is 0.388 e. The molecule has 106 valence electrons. The third kappa shape index (κ3) is 2.37. The Kier molecular flexibility index (Phi) is 3.59. The Hall–Kier alpha value is -1.28. The van der Waals surface area contributed by atoms with Crippen LogP contribution in [-0.2, 0) is 0 Å². The van der Waals surface area contributed by atoms with Crippen LogP contribution >= 0.6 is 22.7 Å². The fourth-order valence-corrected chi connectivity index (χ4v) is 3.93. The van der Waals surface area contributed by atoms with Crippen LogP contribution in [0.15, 0.2) is 16.8 Å². The number of aliphatic hydroxyl groups excluding tert-OH is 2. The molecule has 5 nitrogen and oxygen atoms in total. The van der Waals surface area contributed by atoms with E-state index in [0.29, 0.717) is 10.6 Å². The molecule has 2 aromatic heterocycles. The maximum Gasteiger partial charge on any atom is 0.266 e. The molecule has 0 aliphatic carbocycles. The minimum atomic E-state index is -0.858. The second kappa shape index (κ2) is 5.25. The van der Waals surface area contributed by atoms with E-state index in [9.17, 15) is 15.0 Å². The zero-order chi connectivity index (χ0) is 14.3. The molecule has 2 unspecified atom stereocenters. The molecule has 1 aliphatic rings. The van der Waals surface area contributed by atoms with Crippen molar-refractivity contribution in [2.24, 2.45) is 0 Å². The van der Waals surface area contributed by atoms with Crippen LogP contribution in [0.5, 0.6) is 0 Å². The number of aryl methyl sites for hydroxylation is 1. The van der Waals surface area contributed by atoms with Crippen molar-refractivity contribution in [3.63, 3.8) is 0 Å². The monoisotopic (exact) mass is 310 g/mol. The third-order valence-corrected chi connectivity index (χ3v) is 5.18. The van der Waals surface area contributed by atoms with E-state index in [1.807, 2.05) is 23.8 Å². The summed E-state index contributed by atoms with van der Waals surface area (Å²) in [6, 6.07) is 1.97. The number of likely N-dealkylation sites (tertiary alicyclic amines) is 1. The summed E-state index contributed by atoms with van der Waals surface area (Å²) in [6.45, 7) is 2.15. The highest BCUT2D eigenvalue weighted by Crippen LogP contribution is 2.30. The molecule has 0 spiro atoms. The van der Waals surface area contributed by atoms with Crippen molar-refractivity contribution in [2.75, 3.05) is 13.1 Å². The summed E-state index contributed by atoms with van der Waals surface area (Å²) in [4.78, 5) is 18.9. The molecule has 3 heterocycles. The van der Waals surface area contributed by atoms with E-state index in [1.165, 1.54) is 16.2 Å². The van der Waals surface area contributed by atoms with Crippen molar-refractivity contribution >= 4 is 28.6 Å². The van der Waals surface area contributed by atoms with E-state index in [1.54, 1.807) is 11.3 Å². The van der Waals surface area contributed by atoms with E-state index in [2.05, 4.69) is 4.98 Å². The Morgan fingerprint density at radius 1 is 1.40 bits per heavy atom. The van der Waals surface area contributed by atoms with Gasteiger partial charge in [0.2, 0.25) is 0 Å². The Balaban J connectivity index is 1.86. The van der Waals surface area contributed by atoms with E-state index in [-0.39, 0.29) is 19.0 Å². The second-order valence-corrected chi connectivity index (χ2v) is 6.57. The molecule has 2 atom stereocenters. The molecule has 2 aromatic rings. The first-order valence-corrected chi connectivity index (χ1v) is 7.97. The highest BCUT2D eigenvalue weighted by Gasteiger charge is 2.34. The lowest BCUT2D eigenvalue weighted by molar-refractivity contribution is 0.0572. The molecule has 0 aromatic carbocycles. The van der Waals surface area contributed by atoms with Gasteiger partial charge in [0.05, 0.1) is 17.9 Å². The van der Waals surface area contributed by atoms with Gasteiger partial charge in [-0.05, 0) is 18.4 Å². The fraction of sp³-hybridized carbons (Fsp3) is 0.385. The summed E-state index contributed by atoms with van der Waals surface area (Å²) in [5.41, 5.74) is 1.71. The highest BCUT2D eigenvalue weighted by atomic mass is 32.1. The molecule has 0 bridgehead atoms. The minimum Gasteiger partial charge on any atom is -0.388 e. The van der Waals surface area contributed by atoms with Crippen LogP contribution in [0.25, 0.3) is 10.6 Å². The average Bonchev–Trinajstić information content (AvgIpc) is 3.10. The number of hydrogen-bond acceptors (Lipinski definition) is 6. The Labute approximate surface area is 124 Å². The zero-order valence-corrected chi connectivity index (χ0v) is 12.4. The number of aliphatic hydroxyl groups is 2. The SMILES string of the molecule is Cc1nc(-c2ccsc2)sc1C(=O)N1CC(O)C(O)C1. The van der Waals surface area contributed by atoms with Crippen LogP contribution in [0.1, 0.15) is 15.4 Å². The number of rotatable bonds is 2. The lowest BCUT2D eigenvalue weighted by Crippen LogP contribution is -2.29. The molecule has 20 heavy (non-hydrogen) atoms. The number of nitrogens with zero attached hydrogens (tertiary/aromatic N) is 2. The number of β-amino-alcohol motifs (C(OH)–C–C–N with tert-alkyl or cyclic N) is 2. The molecule has 1 aliphatic heterocycles. The average molecular weight is 310 g/mol. The molecule has 7 heteroatoms. The number of thiazole rings is 1. The summed E-state index contributed by atoms with van der Waals surface area (Å²) < 4.78 is 0. The molecule has 3 rings (SSSR count). The summed E-state index contributed by atoms with van der Waals surface area (Å²) in [7, 11) is 0. The van der Waals surface area contributed by atoms with Crippen LogP contribution < -0.4 is 0 Å². The van der Waals surface area contributed by atoms with Crippen LogP contribution in [0.2, 0.25) is 0 Å². The Morgan fingerprint density at radius 2 is 2.10 bits per heavy atom. The highest BCUT2D eigenvalue weighted by molar-refractivity contribution is 7.17. The van der Waals surface area contributed by atoms with Crippen molar-refractivity contribution in [2.45, 2.75) is 19.1 Å².